The Morgan fingerprint density at radius 2 is 1.23 bits per heavy atom. The van der Waals surface area contributed by atoms with E-state index in [4.69, 9.17) is 0 Å². The zero-order valence-corrected chi connectivity index (χ0v) is 16.2. The number of benzene rings is 3. The van der Waals surface area contributed by atoms with Crippen LogP contribution in [0.4, 0.5) is 5.69 Å². The van der Waals surface area contributed by atoms with Crippen LogP contribution in [0.25, 0.3) is 0 Å². The summed E-state index contributed by atoms with van der Waals surface area (Å²) in [6.07, 6.45) is 4.07. The van der Waals surface area contributed by atoms with Crippen LogP contribution in [-0.4, -0.2) is 17.4 Å². The highest BCUT2D eigenvalue weighted by Crippen LogP contribution is 2.38. The van der Waals surface area contributed by atoms with E-state index < -0.39 is 0 Å². The van der Waals surface area contributed by atoms with Gasteiger partial charge in [-0.3, -0.25) is 10.1 Å². The summed E-state index contributed by atoms with van der Waals surface area (Å²) in [6, 6.07) is 23.5. The molecule has 0 aromatic heterocycles. The van der Waals surface area contributed by atoms with Crippen molar-refractivity contribution in [1.29, 1.82) is 0 Å². The molecule has 0 radical (unpaired) electrons. The maximum absolute atomic E-state index is 11.6. The van der Waals surface area contributed by atoms with Gasteiger partial charge in [-0.05, 0) is 47.9 Å². The number of hydrogen-bond acceptors (Lipinski definition) is 4. The van der Waals surface area contributed by atoms with Crippen molar-refractivity contribution in [3.63, 3.8) is 0 Å². The second-order valence-electron chi connectivity index (χ2n) is 5.80. The van der Waals surface area contributed by atoms with Gasteiger partial charge in [-0.2, -0.15) is 0 Å². The number of thioether (sulfide) groups is 2. The van der Waals surface area contributed by atoms with Gasteiger partial charge in [0, 0.05) is 27.3 Å². The van der Waals surface area contributed by atoms with Crippen LogP contribution in [0.3, 0.4) is 0 Å². The highest BCUT2D eigenvalue weighted by molar-refractivity contribution is 7.98. The molecule has 0 spiro atoms. The van der Waals surface area contributed by atoms with Crippen LogP contribution in [0, 0.1) is 10.1 Å². The number of rotatable bonds is 6. The van der Waals surface area contributed by atoms with E-state index in [1.807, 2.05) is 24.6 Å². The molecule has 3 rings (SSSR count). The molecule has 0 unspecified atom stereocenters. The molecule has 0 bridgehead atoms. The van der Waals surface area contributed by atoms with E-state index in [1.165, 1.54) is 9.79 Å². The fourth-order valence-corrected chi connectivity index (χ4v) is 3.86. The first-order chi connectivity index (χ1) is 12.6. The van der Waals surface area contributed by atoms with Crippen molar-refractivity contribution in [2.75, 3.05) is 12.5 Å². The fourth-order valence-electron chi connectivity index (χ4n) is 3.04. The molecule has 0 fully saturated rings. The molecule has 0 heterocycles. The molecule has 0 amide bonds. The molecule has 3 nitrogen and oxygen atoms in total. The maximum Gasteiger partial charge on any atom is 0.273 e. The molecule has 3 aromatic rings. The zero-order valence-electron chi connectivity index (χ0n) is 14.6. The van der Waals surface area contributed by atoms with E-state index in [0.29, 0.717) is 5.56 Å². The molecular formula is C21H19NO2S2. The highest BCUT2D eigenvalue weighted by Gasteiger charge is 2.24. The SMILES string of the molecule is CSc1ccc(C(c2ccc(SC)cc2)c2ccccc2[N+](=O)[O-])cc1. The molecule has 132 valence electrons. The number of nitro groups is 1. The van der Waals surface area contributed by atoms with Gasteiger partial charge < -0.3 is 0 Å². The first-order valence-corrected chi connectivity index (χ1v) is 10.6. The van der Waals surface area contributed by atoms with Gasteiger partial charge in [0.15, 0.2) is 0 Å². The molecule has 0 N–H and O–H groups in total. The van der Waals surface area contributed by atoms with Crippen molar-refractivity contribution in [2.24, 2.45) is 0 Å². The highest BCUT2D eigenvalue weighted by atomic mass is 32.2. The van der Waals surface area contributed by atoms with Crippen molar-refractivity contribution in [1.82, 2.24) is 0 Å². The lowest BCUT2D eigenvalue weighted by Gasteiger charge is -2.19. The first kappa shape index (κ1) is 18.5. The average molecular weight is 382 g/mol. The van der Waals surface area contributed by atoms with Gasteiger partial charge in [0.25, 0.3) is 5.69 Å². The zero-order chi connectivity index (χ0) is 18.5. The van der Waals surface area contributed by atoms with Gasteiger partial charge >= 0.3 is 0 Å². The van der Waals surface area contributed by atoms with Crippen molar-refractivity contribution in [3.8, 4) is 0 Å². The van der Waals surface area contributed by atoms with Crippen LogP contribution in [0.15, 0.2) is 82.6 Å². The average Bonchev–Trinajstić information content (AvgIpc) is 2.69. The molecule has 0 aliphatic heterocycles. The third kappa shape index (κ3) is 3.94. The third-order valence-electron chi connectivity index (χ3n) is 4.34. The minimum absolute atomic E-state index is 0.153. The summed E-state index contributed by atoms with van der Waals surface area (Å²) >= 11 is 3.37. The quantitative estimate of drug-likeness (QED) is 0.220. The van der Waals surface area contributed by atoms with Gasteiger partial charge in [0.05, 0.1) is 4.92 Å². The Kier molecular flexibility index (Phi) is 6.01. The van der Waals surface area contributed by atoms with E-state index in [1.54, 1.807) is 35.7 Å². The normalized spacial score (nSPS) is 10.9. The largest absolute Gasteiger partial charge is 0.273 e. The Labute approximate surface area is 162 Å². The topological polar surface area (TPSA) is 43.1 Å². The van der Waals surface area contributed by atoms with E-state index in [-0.39, 0.29) is 16.5 Å². The number of para-hydroxylation sites is 1. The second kappa shape index (κ2) is 8.43. The summed E-state index contributed by atoms with van der Waals surface area (Å²) in [7, 11) is 0. The minimum Gasteiger partial charge on any atom is -0.258 e. The van der Waals surface area contributed by atoms with Crippen LogP contribution in [0.5, 0.6) is 0 Å². The lowest BCUT2D eigenvalue weighted by Crippen LogP contribution is -2.06. The molecule has 26 heavy (non-hydrogen) atoms. The van der Waals surface area contributed by atoms with Gasteiger partial charge in [-0.1, -0.05) is 42.5 Å². The molecule has 0 saturated heterocycles. The monoisotopic (exact) mass is 381 g/mol. The smallest absolute Gasteiger partial charge is 0.258 e. The molecule has 0 aliphatic carbocycles. The minimum atomic E-state index is -0.297. The van der Waals surface area contributed by atoms with E-state index in [2.05, 4.69) is 48.5 Å². The Hall–Kier alpha value is -2.24. The van der Waals surface area contributed by atoms with Gasteiger partial charge in [-0.25, -0.2) is 0 Å². The van der Waals surface area contributed by atoms with E-state index >= 15 is 0 Å². The summed E-state index contributed by atoms with van der Waals surface area (Å²) in [5.41, 5.74) is 2.97. The number of nitrogens with zero attached hydrogens (tertiary/aromatic N) is 1. The van der Waals surface area contributed by atoms with Crippen molar-refractivity contribution in [2.45, 2.75) is 15.7 Å². The Balaban J connectivity index is 2.16. The van der Waals surface area contributed by atoms with Crippen molar-refractivity contribution >= 4 is 29.2 Å². The van der Waals surface area contributed by atoms with E-state index in [0.717, 1.165) is 11.1 Å². The standard InChI is InChI=1S/C21H19NO2S2/c1-25-17-11-7-15(8-12-17)21(16-9-13-18(26-2)14-10-16)19-5-3-4-6-20(19)22(23)24/h3-14,21H,1-2H3. The summed E-state index contributed by atoms with van der Waals surface area (Å²) in [5, 5.41) is 11.6. The van der Waals surface area contributed by atoms with Gasteiger partial charge in [0.1, 0.15) is 0 Å². The number of hydrogen-bond donors (Lipinski definition) is 0. The number of nitro benzene ring substituents is 1. The molecule has 0 atom stereocenters. The summed E-state index contributed by atoms with van der Waals surface area (Å²) in [6.45, 7) is 0. The Morgan fingerprint density at radius 3 is 1.65 bits per heavy atom. The molecular weight excluding hydrogens is 362 g/mol. The van der Waals surface area contributed by atoms with Crippen LogP contribution in [0.2, 0.25) is 0 Å². The molecule has 3 aromatic carbocycles. The molecule has 5 heteroatoms. The maximum atomic E-state index is 11.6. The van der Waals surface area contributed by atoms with Crippen LogP contribution < -0.4 is 0 Å². The molecule has 0 saturated carbocycles. The predicted molar refractivity (Wildman–Crippen MR) is 110 cm³/mol. The first-order valence-electron chi connectivity index (χ1n) is 8.15. The van der Waals surface area contributed by atoms with E-state index in [9.17, 15) is 10.1 Å². The second-order valence-corrected chi connectivity index (χ2v) is 7.55. The van der Waals surface area contributed by atoms with Crippen LogP contribution >= 0.6 is 23.5 Å². The lowest BCUT2D eigenvalue weighted by atomic mass is 9.84. The Bertz CT molecular complexity index is 845. The van der Waals surface area contributed by atoms with Gasteiger partial charge in [0.2, 0.25) is 0 Å². The van der Waals surface area contributed by atoms with Gasteiger partial charge in [-0.15, -0.1) is 23.5 Å². The van der Waals surface area contributed by atoms with Crippen LogP contribution in [-0.2, 0) is 0 Å². The fraction of sp³-hybridized carbons (Fsp3) is 0.143. The molecule has 0 aliphatic rings. The summed E-state index contributed by atoms with van der Waals surface area (Å²) in [4.78, 5) is 13.6. The summed E-state index contributed by atoms with van der Waals surface area (Å²) < 4.78 is 0. The summed E-state index contributed by atoms with van der Waals surface area (Å²) in [5.74, 6) is -0.177. The third-order valence-corrected chi connectivity index (χ3v) is 5.83. The lowest BCUT2D eigenvalue weighted by molar-refractivity contribution is -0.385. The predicted octanol–water partition coefficient (Wildman–Crippen LogP) is 6.22. The Morgan fingerprint density at radius 1 is 0.769 bits per heavy atom. The van der Waals surface area contributed by atoms with Crippen molar-refractivity contribution in [3.05, 3.63) is 99.6 Å². The van der Waals surface area contributed by atoms with Crippen LogP contribution in [0.1, 0.15) is 22.6 Å². The van der Waals surface area contributed by atoms with Crippen molar-refractivity contribution < 1.29 is 4.92 Å².